The fourth-order valence-corrected chi connectivity index (χ4v) is 3.73. The zero-order valence-electron chi connectivity index (χ0n) is 15.6. The minimum atomic E-state index is 0.469. The van der Waals surface area contributed by atoms with Crippen LogP contribution < -0.4 is 5.32 Å². The van der Waals surface area contributed by atoms with Crippen LogP contribution in [0, 0.1) is 0 Å². The molecule has 0 radical (unpaired) electrons. The standard InChI is InChI=1S/C21H27N5/c1-16(2)25-13-10-18(11-14-25)23-21-24-19-9-6-12-22-20(19)26(21)15-17-7-4-3-5-8-17/h3-9,12,16,18H,10-11,13-15H2,1-2H3,(H,23,24). The summed E-state index contributed by atoms with van der Waals surface area (Å²) in [5.41, 5.74) is 3.15. The highest BCUT2D eigenvalue weighted by Crippen LogP contribution is 2.23. The van der Waals surface area contributed by atoms with Crippen LogP contribution in [-0.2, 0) is 6.54 Å². The predicted octanol–water partition coefficient (Wildman–Crippen LogP) is 3.76. The number of nitrogens with zero attached hydrogens (tertiary/aromatic N) is 4. The van der Waals surface area contributed by atoms with Crippen molar-refractivity contribution in [1.82, 2.24) is 19.4 Å². The first-order valence-corrected chi connectivity index (χ1v) is 9.56. The summed E-state index contributed by atoms with van der Waals surface area (Å²) in [6, 6.07) is 15.6. The van der Waals surface area contributed by atoms with Crippen molar-refractivity contribution < 1.29 is 0 Å². The zero-order valence-corrected chi connectivity index (χ0v) is 15.6. The monoisotopic (exact) mass is 349 g/mol. The number of anilines is 1. The Balaban J connectivity index is 1.57. The average molecular weight is 349 g/mol. The second kappa shape index (κ2) is 7.46. The predicted molar refractivity (Wildman–Crippen MR) is 106 cm³/mol. The summed E-state index contributed by atoms with van der Waals surface area (Å²) in [5.74, 6) is 0.936. The number of rotatable bonds is 5. The molecular formula is C21H27N5. The Kier molecular flexibility index (Phi) is 4.89. The molecule has 1 N–H and O–H groups in total. The number of piperidine rings is 1. The smallest absolute Gasteiger partial charge is 0.205 e. The zero-order chi connectivity index (χ0) is 17.9. The normalized spacial score (nSPS) is 16.4. The van der Waals surface area contributed by atoms with Crippen LogP contribution in [0.3, 0.4) is 0 Å². The number of imidazole rings is 1. The molecule has 4 rings (SSSR count). The number of fused-ring (bicyclic) bond motifs is 1. The SMILES string of the molecule is CC(C)N1CCC(Nc2nc3cccnc3n2Cc2ccccc2)CC1. The topological polar surface area (TPSA) is 46.0 Å². The van der Waals surface area contributed by atoms with E-state index in [9.17, 15) is 0 Å². The van der Waals surface area contributed by atoms with Crippen LogP contribution >= 0.6 is 0 Å². The first kappa shape index (κ1) is 17.0. The molecule has 1 aromatic carbocycles. The highest BCUT2D eigenvalue weighted by Gasteiger charge is 2.22. The quantitative estimate of drug-likeness (QED) is 0.762. The van der Waals surface area contributed by atoms with Crippen LogP contribution in [0.25, 0.3) is 11.2 Å². The second-order valence-electron chi connectivity index (χ2n) is 7.40. The van der Waals surface area contributed by atoms with Crippen LogP contribution in [-0.4, -0.2) is 44.6 Å². The van der Waals surface area contributed by atoms with E-state index in [4.69, 9.17) is 4.98 Å². The number of nitrogens with one attached hydrogen (secondary N) is 1. The minimum Gasteiger partial charge on any atom is -0.353 e. The van der Waals surface area contributed by atoms with Crippen LogP contribution in [0.4, 0.5) is 5.95 Å². The lowest BCUT2D eigenvalue weighted by molar-refractivity contribution is 0.177. The van der Waals surface area contributed by atoms with Crippen LogP contribution in [0.15, 0.2) is 48.7 Å². The third kappa shape index (κ3) is 3.58. The van der Waals surface area contributed by atoms with E-state index < -0.39 is 0 Å². The van der Waals surface area contributed by atoms with Gasteiger partial charge in [0.25, 0.3) is 0 Å². The Bertz CT molecular complexity index is 847. The van der Waals surface area contributed by atoms with E-state index in [1.54, 1.807) is 0 Å². The van der Waals surface area contributed by atoms with Crippen LogP contribution in [0.1, 0.15) is 32.3 Å². The van der Waals surface area contributed by atoms with Gasteiger partial charge in [-0.05, 0) is 44.4 Å². The summed E-state index contributed by atoms with van der Waals surface area (Å²) in [6.07, 6.45) is 4.15. The minimum absolute atomic E-state index is 0.469. The van der Waals surface area contributed by atoms with Gasteiger partial charge in [0.05, 0.1) is 6.54 Å². The largest absolute Gasteiger partial charge is 0.353 e. The molecule has 1 aliphatic heterocycles. The summed E-state index contributed by atoms with van der Waals surface area (Å²) < 4.78 is 2.21. The van der Waals surface area contributed by atoms with E-state index in [1.165, 1.54) is 5.56 Å². The van der Waals surface area contributed by atoms with Gasteiger partial charge in [-0.25, -0.2) is 9.97 Å². The Hall–Kier alpha value is -2.40. The van der Waals surface area contributed by atoms with Crippen molar-refractivity contribution in [2.75, 3.05) is 18.4 Å². The van der Waals surface area contributed by atoms with Gasteiger partial charge in [-0.2, -0.15) is 0 Å². The first-order valence-electron chi connectivity index (χ1n) is 9.56. The molecule has 3 aromatic rings. The Morgan fingerprint density at radius 2 is 1.85 bits per heavy atom. The van der Waals surface area contributed by atoms with Gasteiger partial charge in [-0.1, -0.05) is 30.3 Å². The number of benzene rings is 1. The van der Waals surface area contributed by atoms with E-state index >= 15 is 0 Å². The van der Waals surface area contributed by atoms with Gasteiger partial charge >= 0.3 is 0 Å². The average Bonchev–Trinajstić information content (AvgIpc) is 3.00. The molecule has 1 fully saturated rings. The second-order valence-corrected chi connectivity index (χ2v) is 7.40. The van der Waals surface area contributed by atoms with E-state index in [2.05, 4.69) is 63.9 Å². The molecule has 0 bridgehead atoms. The fourth-order valence-electron chi connectivity index (χ4n) is 3.73. The van der Waals surface area contributed by atoms with Crippen molar-refractivity contribution in [1.29, 1.82) is 0 Å². The molecule has 5 heteroatoms. The fraction of sp³-hybridized carbons (Fsp3) is 0.429. The number of likely N-dealkylation sites (tertiary alicyclic amines) is 1. The molecule has 0 unspecified atom stereocenters. The molecule has 0 amide bonds. The third-order valence-corrected chi connectivity index (χ3v) is 5.28. The summed E-state index contributed by atoms with van der Waals surface area (Å²) in [6.45, 7) is 7.62. The first-order chi connectivity index (χ1) is 12.7. The van der Waals surface area contributed by atoms with E-state index in [0.29, 0.717) is 12.1 Å². The summed E-state index contributed by atoms with van der Waals surface area (Å²) in [4.78, 5) is 12.0. The van der Waals surface area contributed by atoms with Crippen molar-refractivity contribution in [3.05, 3.63) is 54.2 Å². The summed E-state index contributed by atoms with van der Waals surface area (Å²) in [5, 5.41) is 3.70. The van der Waals surface area contributed by atoms with Gasteiger partial charge in [0.1, 0.15) is 5.52 Å². The van der Waals surface area contributed by atoms with E-state index in [1.807, 2.05) is 18.3 Å². The molecule has 0 aliphatic carbocycles. The van der Waals surface area contributed by atoms with Crippen LogP contribution in [0.5, 0.6) is 0 Å². The van der Waals surface area contributed by atoms with E-state index in [0.717, 1.165) is 49.6 Å². The number of hydrogen-bond acceptors (Lipinski definition) is 4. The molecule has 0 spiro atoms. The molecule has 26 heavy (non-hydrogen) atoms. The highest BCUT2D eigenvalue weighted by molar-refractivity contribution is 5.74. The van der Waals surface area contributed by atoms with Crippen molar-refractivity contribution >= 4 is 17.1 Å². The maximum Gasteiger partial charge on any atom is 0.205 e. The number of aromatic nitrogens is 3. The molecule has 136 valence electrons. The number of pyridine rings is 1. The third-order valence-electron chi connectivity index (χ3n) is 5.28. The van der Waals surface area contributed by atoms with Gasteiger partial charge in [0, 0.05) is 31.4 Å². The maximum atomic E-state index is 4.83. The maximum absolute atomic E-state index is 4.83. The molecule has 0 saturated carbocycles. The number of hydrogen-bond donors (Lipinski definition) is 1. The Morgan fingerprint density at radius 1 is 1.08 bits per heavy atom. The Morgan fingerprint density at radius 3 is 2.58 bits per heavy atom. The van der Waals surface area contributed by atoms with Crippen molar-refractivity contribution in [2.45, 2.75) is 45.3 Å². The lowest BCUT2D eigenvalue weighted by atomic mass is 10.0. The van der Waals surface area contributed by atoms with Gasteiger partial charge < -0.3 is 10.2 Å². The molecule has 1 saturated heterocycles. The van der Waals surface area contributed by atoms with Crippen molar-refractivity contribution in [3.63, 3.8) is 0 Å². The lowest BCUT2D eigenvalue weighted by Gasteiger charge is -2.35. The summed E-state index contributed by atoms with van der Waals surface area (Å²) in [7, 11) is 0. The van der Waals surface area contributed by atoms with Gasteiger partial charge in [0.2, 0.25) is 5.95 Å². The van der Waals surface area contributed by atoms with Crippen molar-refractivity contribution in [3.8, 4) is 0 Å². The highest BCUT2D eigenvalue weighted by atomic mass is 15.3. The molecule has 1 aliphatic rings. The van der Waals surface area contributed by atoms with Crippen molar-refractivity contribution in [2.24, 2.45) is 0 Å². The van der Waals surface area contributed by atoms with E-state index in [-0.39, 0.29) is 0 Å². The molecule has 2 aromatic heterocycles. The van der Waals surface area contributed by atoms with Gasteiger partial charge in [0.15, 0.2) is 5.65 Å². The molecule has 3 heterocycles. The Labute approximate surface area is 155 Å². The molecular weight excluding hydrogens is 322 g/mol. The lowest BCUT2D eigenvalue weighted by Crippen LogP contribution is -2.42. The molecule has 0 atom stereocenters. The van der Waals surface area contributed by atoms with Gasteiger partial charge in [-0.3, -0.25) is 4.57 Å². The van der Waals surface area contributed by atoms with Gasteiger partial charge in [-0.15, -0.1) is 0 Å². The van der Waals surface area contributed by atoms with Crippen LogP contribution in [0.2, 0.25) is 0 Å². The summed E-state index contributed by atoms with van der Waals surface area (Å²) >= 11 is 0. The molecule has 5 nitrogen and oxygen atoms in total.